The molecule has 20 heavy (non-hydrogen) atoms. The van der Waals surface area contributed by atoms with E-state index in [1.165, 1.54) is 0 Å². The number of carboxylic acids is 1. The molecule has 0 radical (unpaired) electrons. The molecule has 0 aliphatic heterocycles. The zero-order valence-corrected chi connectivity index (χ0v) is 12.5. The summed E-state index contributed by atoms with van der Waals surface area (Å²) < 4.78 is 0. The second-order valence-corrected chi connectivity index (χ2v) is 5.31. The zero-order chi connectivity index (χ0) is 15.0. The molecule has 1 rings (SSSR count). The van der Waals surface area contributed by atoms with E-state index >= 15 is 0 Å². The third-order valence-electron chi connectivity index (χ3n) is 4.02. The van der Waals surface area contributed by atoms with Crippen molar-refractivity contribution in [1.82, 2.24) is 15.5 Å². The summed E-state index contributed by atoms with van der Waals surface area (Å²) >= 11 is 0. The van der Waals surface area contributed by atoms with Crippen LogP contribution < -0.4 is 10.6 Å². The monoisotopic (exact) mass is 285 g/mol. The van der Waals surface area contributed by atoms with E-state index in [-0.39, 0.29) is 18.0 Å². The van der Waals surface area contributed by atoms with Crippen LogP contribution in [0, 0.1) is 5.92 Å². The first-order valence-corrected chi connectivity index (χ1v) is 7.56. The van der Waals surface area contributed by atoms with E-state index in [0.29, 0.717) is 19.4 Å². The van der Waals surface area contributed by atoms with Crippen molar-refractivity contribution in [2.75, 3.05) is 26.2 Å². The molecule has 1 saturated carbocycles. The number of nitrogens with zero attached hydrogens (tertiary/aromatic N) is 1. The second kappa shape index (κ2) is 8.79. The lowest BCUT2D eigenvalue weighted by Crippen LogP contribution is -2.46. The Morgan fingerprint density at radius 3 is 2.25 bits per heavy atom. The molecular formula is C14H27N3O3. The van der Waals surface area contributed by atoms with Gasteiger partial charge in [0.2, 0.25) is 0 Å². The maximum atomic E-state index is 11.7. The van der Waals surface area contributed by atoms with Gasteiger partial charge in [0.1, 0.15) is 0 Å². The standard InChI is InChI=1S/C14H27N3O3/c1-3-17(4-2)10-9-15-14(20)16-12-7-5-11(6-8-12)13(18)19/h11-12H,3-10H2,1-2H3,(H,18,19)(H2,15,16,20). The number of aliphatic carboxylic acids is 1. The summed E-state index contributed by atoms with van der Waals surface area (Å²) in [7, 11) is 0. The van der Waals surface area contributed by atoms with Gasteiger partial charge in [-0.2, -0.15) is 0 Å². The summed E-state index contributed by atoms with van der Waals surface area (Å²) in [5, 5.41) is 14.7. The molecule has 2 amide bonds. The number of hydrogen-bond acceptors (Lipinski definition) is 3. The maximum Gasteiger partial charge on any atom is 0.315 e. The third kappa shape index (κ3) is 5.77. The summed E-state index contributed by atoms with van der Waals surface area (Å²) in [4.78, 5) is 24.8. The molecule has 0 heterocycles. The summed E-state index contributed by atoms with van der Waals surface area (Å²) in [6.07, 6.45) is 2.81. The lowest BCUT2D eigenvalue weighted by Gasteiger charge is -2.27. The minimum Gasteiger partial charge on any atom is -0.481 e. The fourth-order valence-electron chi connectivity index (χ4n) is 2.59. The molecule has 6 heteroatoms. The number of likely N-dealkylation sites (N-methyl/N-ethyl adjacent to an activating group) is 1. The zero-order valence-electron chi connectivity index (χ0n) is 12.5. The minimum absolute atomic E-state index is 0.110. The van der Waals surface area contributed by atoms with Crippen molar-refractivity contribution in [3.8, 4) is 0 Å². The second-order valence-electron chi connectivity index (χ2n) is 5.31. The number of urea groups is 1. The Balaban J connectivity index is 2.15. The smallest absolute Gasteiger partial charge is 0.315 e. The Kier molecular flexibility index (Phi) is 7.36. The molecule has 1 aliphatic rings. The number of rotatable bonds is 7. The number of amides is 2. The van der Waals surface area contributed by atoms with E-state index in [9.17, 15) is 9.59 Å². The average Bonchev–Trinajstić information content (AvgIpc) is 2.44. The van der Waals surface area contributed by atoms with E-state index in [4.69, 9.17) is 5.11 Å². The van der Waals surface area contributed by atoms with Gasteiger partial charge in [-0.3, -0.25) is 4.79 Å². The van der Waals surface area contributed by atoms with Crippen molar-refractivity contribution in [1.29, 1.82) is 0 Å². The van der Waals surface area contributed by atoms with Crippen LogP contribution in [0.25, 0.3) is 0 Å². The van der Waals surface area contributed by atoms with Crippen LogP contribution in [0.2, 0.25) is 0 Å². The van der Waals surface area contributed by atoms with Gasteiger partial charge in [0.25, 0.3) is 0 Å². The quantitative estimate of drug-likeness (QED) is 0.658. The van der Waals surface area contributed by atoms with E-state index in [2.05, 4.69) is 29.4 Å². The highest BCUT2D eigenvalue weighted by Crippen LogP contribution is 2.24. The molecule has 116 valence electrons. The average molecular weight is 285 g/mol. The van der Waals surface area contributed by atoms with Crippen molar-refractivity contribution < 1.29 is 14.7 Å². The molecule has 1 fully saturated rings. The van der Waals surface area contributed by atoms with Crippen LogP contribution >= 0.6 is 0 Å². The predicted octanol–water partition coefficient (Wildman–Crippen LogP) is 1.27. The van der Waals surface area contributed by atoms with Gasteiger partial charge in [0.15, 0.2) is 0 Å². The van der Waals surface area contributed by atoms with Gasteiger partial charge in [-0.05, 0) is 38.8 Å². The third-order valence-corrected chi connectivity index (χ3v) is 4.02. The van der Waals surface area contributed by atoms with Crippen molar-refractivity contribution in [3.05, 3.63) is 0 Å². The van der Waals surface area contributed by atoms with Crippen LogP contribution in [0.4, 0.5) is 4.79 Å². The summed E-state index contributed by atoms with van der Waals surface area (Å²) in [5.74, 6) is -0.953. The van der Waals surface area contributed by atoms with Crippen LogP contribution in [0.5, 0.6) is 0 Å². The van der Waals surface area contributed by atoms with Gasteiger partial charge in [-0.1, -0.05) is 13.8 Å². The molecule has 1 aliphatic carbocycles. The van der Waals surface area contributed by atoms with Gasteiger partial charge in [0, 0.05) is 19.1 Å². The lowest BCUT2D eigenvalue weighted by molar-refractivity contribution is -0.142. The molecule has 0 aromatic rings. The SMILES string of the molecule is CCN(CC)CCNC(=O)NC1CCC(C(=O)O)CC1. The van der Waals surface area contributed by atoms with Gasteiger partial charge in [-0.15, -0.1) is 0 Å². The Bertz CT molecular complexity index is 311. The predicted molar refractivity (Wildman–Crippen MR) is 77.7 cm³/mol. The molecule has 0 spiro atoms. The highest BCUT2D eigenvalue weighted by Gasteiger charge is 2.26. The molecule has 0 aromatic heterocycles. The number of carboxylic acid groups (broad SMARTS) is 1. The first-order chi connectivity index (χ1) is 9.56. The van der Waals surface area contributed by atoms with Crippen LogP contribution in [0.1, 0.15) is 39.5 Å². The first kappa shape index (κ1) is 16.8. The summed E-state index contributed by atoms with van der Waals surface area (Å²) in [5.41, 5.74) is 0. The highest BCUT2D eigenvalue weighted by molar-refractivity contribution is 5.74. The van der Waals surface area contributed by atoms with Crippen molar-refractivity contribution >= 4 is 12.0 Å². The maximum absolute atomic E-state index is 11.7. The normalized spacial score (nSPS) is 22.6. The van der Waals surface area contributed by atoms with Crippen molar-refractivity contribution in [3.63, 3.8) is 0 Å². The van der Waals surface area contributed by atoms with Gasteiger partial charge in [0.05, 0.1) is 5.92 Å². The van der Waals surface area contributed by atoms with Crippen LogP contribution in [-0.4, -0.2) is 54.2 Å². The Labute approximate surface area is 120 Å². The molecule has 0 aromatic carbocycles. The van der Waals surface area contributed by atoms with Crippen molar-refractivity contribution in [2.45, 2.75) is 45.6 Å². The Morgan fingerprint density at radius 1 is 1.15 bits per heavy atom. The highest BCUT2D eigenvalue weighted by atomic mass is 16.4. The number of nitrogens with one attached hydrogen (secondary N) is 2. The first-order valence-electron chi connectivity index (χ1n) is 7.56. The van der Waals surface area contributed by atoms with E-state index < -0.39 is 5.97 Å². The van der Waals surface area contributed by atoms with Crippen LogP contribution in [0.15, 0.2) is 0 Å². The van der Waals surface area contributed by atoms with Crippen LogP contribution in [0.3, 0.4) is 0 Å². The molecule has 0 atom stereocenters. The molecule has 0 bridgehead atoms. The number of carbonyl (C=O) groups excluding carboxylic acids is 1. The molecular weight excluding hydrogens is 258 g/mol. The van der Waals surface area contributed by atoms with E-state index in [1.807, 2.05) is 0 Å². The molecule has 6 nitrogen and oxygen atoms in total. The lowest BCUT2D eigenvalue weighted by atomic mass is 9.86. The van der Waals surface area contributed by atoms with E-state index in [1.54, 1.807) is 0 Å². The fourth-order valence-corrected chi connectivity index (χ4v) is 2.59. The van der Waals surface area contributed by atoms with Gasteiger partial charge < -0.3 is 20.6 Å². The Morgan fingerprint density at radius 2 is 1.75 bits per heavy atom. The molecule has 0 saturated heterocycles. The Hall–Kier alpha value is -1.30. The van der Waals surface area contributed by atoms with Crippen molar-refractivity contribution in [2.24, 2.45) is 5.92 Å². The van der Waals surface area contributed by atoms with E-state index in [0.717, 1.165) is 32.5 Å². The summed E-state index contributed by atoms with van der Waals surface area (Å²) in [6.45, 7) is 7.66. The van der Waals surface area contributed by atoms with Crippen LogP contribution in [-0.2, 0) is 4.79 Å². The minimum atomic E-state index is -0.716. The van der Waals surface area contributed by atoms with Gasteiger partial charge >= 0.3 is 12.0 Å². The fraction of sp³-hybridized carbons (Fsp3) is 0.857. The molecule has 0 unspecified atom stereocenters. The largest absolute Gasteiger partial charge is 0.481 e. The number of carbonyl (C=O) groups is 2. The van der Waals surface area contributed by atoms with Gasteiger partial charge in [-0.25, -0.2) is 4.79 Å². The topological polar surface area (TPSA) is 81.7 Å². The molecule has 3 N–H and O–H groups in total. The number of hydrogen-bond donors (Lipinski definition) is 3. The summed E-state index contributed by atoms with van der Waals surface area (Å²) in [6, 6.07) is -0.0324.